The van der Waals surface area contributed by atoms with E-state index in [4.69, 9.17) is 5.73 Å². The third kappa shape index (κ3) is 1.68. The van der Waals surface area contributed by atoms with Crippen molar-refractivity contribution in [2.45, 2.75) is 6.54 Å². The molecule has 0 fully saturated rings. The lowest BCUT2D eigenvalue weighted by Crippen LogP contribution is -2.17. The molecule has 0 aliphatic heterocycles. The van der Waals surface area contributed by atoms with Gasteiger partial charge >= 0.3 is 0 Å². The average molecular weight is 239 g/mol. The van der Waals surface area contributed by atoms with E-state index in [2.05, 4.69) is 5.10 Å². The molecule has 2 aromatic carbocycles. The van der Waals surface area contributed by atoms with Crippen LogP contribution in [0.1, 0.15) is 5.56 Å². The van der Waals surface area contributed by atoms with Crippen LogP contribution in [0.4, 0.5) is 5.69 Å². The summed E-state index contributed by atoms with van der Waals surface area (Å²) in [5.41, 5.74) is 8.34. The third-order valence-electron chi connectivity index (χ3n) is 3.04. The first kappa shape index (κ1) is 10.7. The van der Waals surface area contributed by atoms with E-state index in [-0.39, 0.29) is 5.56 Å². The van der Waals surface area contributed by atoms with Crippen molar-refractivity contribution < 1.29 is 0 Å². The van der Waals surface area contributed by atoms with Gasteiger partial charge in [-0.1, -0.05) is 30.3 Å². The molecule has 0 saturated heterocycles. The first-order chi connectivity index (χ1) is 8.75. The number of aromatic amines is 1. The summed E-state index contributed by atoms with van der Waals surface area (Å²) in [7, 11) is 0. The third-order valence-corrected chi connectivity index (χ3v) is 3.04. The Morgan fingerprint density at radius 1 is 1.06 bits per heavy atom. The Labute approximate surface area is 104 Å². The Morgan fingerprint density at radius 3 is 2.56 bits per heavy atom. The number of nitrogens with zero attached hydrogens (tertiary/aromatic N) is 1. The molecule has 0 bridgehead atoms. The molecule has 0 amide bonds. The molecule has 0 atom stereocenters. The van der Waals surface area contributed by atoms with E-state index in [1.807, 2.05) is 48.5 Å². The zero-order valence-electron chi connectivity index (χ0n) is 9.76. The van der Waals surface area contributed by atoms with E-state index in [9.17, 15) is 4.79 Å². The number of fused-ring (bicyclic) bond motifs is 1. The molecule has 90 valence electrons. The molecule has 1 heterocycles. The Morgan fingerprint density at radius 2 is 1.78 bits per heavy atom. The van der Waals surface area contributed by atoms with Crippen LogP contribution in [-0.4, -0.2) is 9.78 Å². The van der Waals surface area contributed by atoms with Crippen LogP contribution in [0.5, 0.6) is 0 Å². The second-order valence-electron chi connectivity index (χ2n) is 4.25. The highest BCUT2D eigenvalue weighted by molar-refractivity contribution is 5.77. The van der Waals surface area contributed by atoms with Crippen molar-refractivity contribution in [2.24, 2.45) is 0 Å². The van der Waals surface area contributed by atoms with Gasteiger partial charge in [0.2, 0.25) is 0 Å². The van der Waals surface area contributed by atoms with Crippen molar-refractivity contribution in [1.82, 2.24) is 9.78 Å². The zero-order valence-corrected chi connectivity index (χ0v) is 9.76. The number of nitrogen functional groups attached to an aromatic ring is 1. The number of aromatic nitrogens is 2. The van der Waals surface area contributed by atoms with E-state index in [0.717, 1.165) is 11.1 Å². The Balaban J connectivity index is 2.09. The number of hydrogen-bond donors (Lipinski definition) is 2. The van der Waals surface area contributed by atoms with Gasteiger partial charge in [-0.3, -0.25) is 9.89 Å². The van der Waals surface area contributed by atoms with Crippen molar-refractivity contribution in [1.29, 1.82) is 0 Å². The number of nitrogens with one attached hydrogen (secondary N) is 1. The van der Waals surface area contributed by atoms with Crippen LogP contribution in [0.25, 0.3) is 10.9 Å². The maximum absolute atomic E-state index is 12.1. The molecule has 3 N–H and O–H groups in total. The van der Waals surface area contributed by atoms with Crippen LogP contribution in [-0.2, 0) is 6.54 Å². The first-order valence-corrected chi connectivity index (χ1v) is 5.76. The molecule has 0 radical (unpaired) electrons. The van der Waals surface area contributed by atoms with Gasteiger partial charge in [0.1, 0.15) is 0 Å². The van der Waals surface area contributed by atoms with Crippen LogP contribution in [0.2, 0.25) is 0 Å². The minimum Gasteiger partial charge on any atom is -0.398 e. The maximum atomic E-state index is 12.1. The zero-order chi connectivity index (χ0) is 12.5. The second kappa shape index (κ2) is 4.07. The first-order valence-electron chi connectivity index (χ1n) is 5.76. The van der Waals surface area contributed by atoms with E-state index >= 15 is 0 Å². The highest BCUT2D eigenvalue weighted by Gasteiger charge is 2.07. The SMILES string of the molecule is Nc1ccccc1Cn1[nH]c2ccccc2c1=O. The predicted octanol–water partition coefficient (Wildman–Crippen LogP) is 1.96. The van der Waals surface area contributed by atoms with E-state index in [1.54, 1.807) is 4.68 Å². The number of hydrogen-bond acceptors (Lipinski definition) is 2. The lowest BCUT2D eigenvalue weighted by molar-refractivity contribution is 0.673. The van der Waals surface area contributed by atoms with Gasteiger partial charge in [-0.15, -0.1) is 0 Å². The molecular formula is C14H13N3O. The highest BCUT2D eigenvalue weighted by Crippen LogP contribution is 2.12. The molecule has 18 heavy (non-hydrogen) atoms. The normalized spacial score (nSPS) is 10.9. The van der Waals surface area contributed by atoms with E-state index in [1.165, 1.54) is 0 Å². The van der Waals surface area contributed by atoms with Gasteiger partial charge in [0, 0.05) is 5.69 Å². The fourth-order valence-corrected chi connectivity index (χ4v) is 2.07. The summed E-state index contributed by atoms with van der Waals surface area (Å²) in [4.78, 5) is 12.1. The van der Waals surface area contributed by atoms with E-state index < -0.39 is 0 Å². The number of benzene rings is 2. The van der Waals surface area contributed by atoms with Gasteiger partial charge in [-0.2, -0.15) is 0 Å². The average Bonchev–Trinajstić information content (AvgIpc) is 2.70. The Bertz CT molecular complexity index is 755. The predicted molar refractivity (Wildman–Crippen MR) is 72.5 cm³/mol. The van der Waals surface area contributed by atoms with Gasteiger partial charge in [0.15, 0.2) is 0 Å². The van der Waals surface area contributed by atoms with Crippen LogP contribution < -0.4 is 11.3 Å². The fraction of sp³-hybridized carbons (Fsp3) is 0.0714. The largest absolute Gasteiger partial charge is 0.398 e. The van der Waals surface area contributed by atoms with Crippen molar-refractivity contribution in [3.8, 4) is 0 Å². The molecule has 4 heteroatoms. The minimum atomic E-state index is -0.0196. The molecule has 0 unspecified atom stereocenters. The summed E-state index contributed by atoms with van der Waals surface area (Å²) in [6.45, 7) is 0.459. The molecule has 3 rings (SSSR count). The summed E-state index contributed by atoms with van der Waals surface area (Å²) >= 11 is 0. The summed E-state index contributed by atoms with van der Waals surface area (Å²) < 4.78 is 1.58. The highest BCUT2D eigenvalue weighted by atomic mass is 16.1. The van der Waals surface area contributed by atoms with Gasteiger partial charge in [-0.25, -0.2) is 4.68 Å². The quantitative estimate of drug-likeness (QED) is 0.671. The van der Waals surface area contributed by atoms with Crippen molar-refractivity contribution in [3.05, 3.63) is 64.4 Å². The molecule has 0 spiro atoms. The molecule has 3 aromatic rings. The summed E-state index contributed by atoms with van der Waals surface area (Å²) in [6, 6.07) is 15.0. The van der Waals surface area contributed by atoms with Crippen molar-refractivity contribution >= 4 is 16.6 Å². The monoisotopic (exact) mass is 239 g/mol. The van der Waals surface area contributed by atoms with Crippen LogP contribution in [0.3, 0.4) is 0 Å². The number of anilines is 1. The number of nitrogens with two attached hydrogens (primary N) is 1. The van der Waals surface area contributed by atoms with Gasteiger partial charge in [-0.05, 0) is 23.8 Å². The lowest BCUT2D eigenvalue weighted by Gasteiger charge is -2.05. The minimum absolute atomic E-state index is 0.0196. The smallest absolute Gasteiger partial charge is 0.274 e. The van der Waals surface area contributed by atoms with E-state index in [0.29, 0.717) is 17.6 Å². The molecular weight excluding hydrogens is 226 g/mol. The second-order valence-corrected chi connectivity index (χ2v) is 4.25. The summed E-state index contributed by atoms with van der Waals surface area (Å²) in [5, 5.41) is 3.79. The lowest BCUT2D eigenvalue weighted by atomic mass is 10.2. The molecule has 1 aromatic heterocycles. The molecule has 0 aliphatic rings. The van der Waals surface area contributed by atoms with Crippen LogP contribution >= 0.6 is 0 Å². The molecule has 0 aliphatic carbocycles. The van der Waals surface area contributed by atoms with Crippen LogP contribution in [0, 0.1) is 0 Å². The van der Waals surface area contributed by atoms with Gasteiger partial charge in [0.25, 0.3) is 5.56 Å². The number of para-hydroxylation sites is 2. The summed E-state index contributed by atoms with van der Waals surface area (Å²) in [6.07, 6.45) is 0. The standard InChI is InChI=1S/C14H13N3O/c15-12-7-3-1-5-10(12)9-17-14(18)11-6-2-4-8-13(11)16-17/h1-8,16H,9,15H2. The number of H-pyrrole nitrogens is 1. The Kier molecular flexibility index (Phi) is 2.41. The fourth-order valence-electron chi connectivity index (χ4n) is 2.07. The molecule has 4 nitrogen and oxygen atoms in total. The maximum Gasteiger partial charge on any atom is 0.274 e. The van der Waals surface area contributed by atoms with Gasteiger partial charge < -0.3 is 5.73 Å². The Hall–Kier alpha value is -2.49. The summed E-state index contributed by atoms with van der Waals surface area (Å²) in [5.74, 6) is 0. The topological polar surface area (TPSA) is 63.8 Å². The van der Waals surface area contributed by atoms with Crippen molar-refractivity contribution in [2.75, 3.05) is 5.73 Å². The molecule has 0 saturated carbocycles. The number of rotatable bonds is 2. The van der Waals surface area contributed by atoms with Crippen molar-refractivity contribution in [3.63, 3.8) is 0 Å². The van der Waals surface area contributed by atoms with Gasteiger partial charge in [0.05, 0.1) is 17.4 Å². The van der Waals surface area contributed by atoms with Crippen LogP contribution in [0.15, 0.2) is 53.3 Å².